The lowest BCUT2D eigenvalue weighted by atomic mass is 10.1. The van der Waals surface area contributed by atoms with Crippen LogP contribution in [-0.4, -0.2) is 31.6 Å². The second-order valence-electron chi connectivity index (χ2n) is 7.12. The molecule has 0 aliphatic rings. The normalized spacial score (nSPS) is 11.7. The molecule has 1 aromatic heterocycles. The van der Waals surface area contributed by atoms with Gasteiger partial charge < -0.3 is 20.3 Å². The Morgan fingerprint density at radius 1 is 1.14 bits per heavy atom. The Hall–Kier alpha value is -2.90. The number of aryl methyl sites for hydroxylation is 2. The topological polar surface area (TPSA) is 67.7 Å². The van der Waals surface area contributed by atoms with Gasteiger partial charge in [-0.2, -0.15) is 0 Å². The summed E-state index contributed by atoms with van der Waals surface area (Å²) in [6.07, 6.45) is 0. The Kier molecular flexibility index (Phi) is 6.85. The Morgan fingerprint density at radius 3 is 2.48 bits per heavy atom. The van der Waals surface area contributed by atoms with Crippen molar-refractivity contribution in [2.45, 2.75) is 20.4 Å². The number of hydrogen-bond donors (Lipinski definition) is 3. The second kappa shape index (κ2) is 9.54. The van der Waals surface area contributed by atoms with E-state index in [1.165, 1.54) is 0 Å². The monoisotopic (exact) mass is 411 g/mol. The van der Waals surface area contributed by atoms with E-state index >= 15 is 0 Å². The number of ether oxygens (including phenoxy) is 1. The van der Waals surface area contributed by atoms with E-state index in [2.05, 4.69) is 15.6 Å². The Morgan fingerprint density at radius 2 is 1.83 bits per heavy atom. The van der Waals surface area contributed by atoms with Crippen molar-refractivity contribution in [1.82, 2.24) is 4.98 Å². The van der Waals surface area contributed by atoms with Crippen LogP contribution in [0.4, 0.5) is 16.5 Å². The summed E-state index contributed by atoms with van der Waals surface area (Å²) >= 11 is 1.55. The molecule has 2 aromatic carbocycles. The molecule has 0 spiro atoms. The molecule has 0 aliphatic heterocycles. The molecule has 152 valence electrons. The first kappa shape index (κ1) is 20.8. The number of amides is 1. The smallest absolute Gasteiger partial charge is 0.279 e. The molecule has 1 unspecified atom stereocenters. The molecule has 1 heterocycles. The summed E-state index contributed by atoms with van der Waals surface area (Å²) in [7, 11) is 3.65. The number of carbonyl (C=O) groups is 1. The maximum Gasteiger partial charge on any atom is 0.279 e. The first-order chi connectivity index (χ1) is 13.9. The number of nitrogens with one attached hydrogen (secondary N) is 3. The number of nitrogens with zero attached hydrogens (tertiary/aromatic N) is 1. The number of quaternary nitrogens is 1. The number of thiazole rings is 1. The van der Waals surface area contributed by atoms with E-state index in [-0.39, 0.29) is 5.91 Å². The van der Waals surface area contributed by atoms with Crippen LogP contribution < -0.4 is 20.3 Å². The zero-order valence-corrected chi connectivity index (χ0v) is 18.0. The van der Waals surface area contributed by atoms with E-state index in [0.29, 0.717) is 13.1 Å². The summed E-state index contributed by atoms with van der Waals surface area (Å²) < 4.78 is 5.17. The number of benzene rings is 2. The van der Waals surface area contributed by atoms with Crippen molar-refractivity contribution in [3.05, 3.63) is 64.7 Å². The third-order valence-corrected chi connectivity index (χ3v) is 5.39. The average molecular weight is 412 g/mol. The molecule has 3 aromatic rings. The number of para-hydroxylation sites is 1. The van der Waals surface area contributed by atoms with Crippen molar-refractivity contribution in [2.75, 3.05) is 31.3 Å². The highest BCUT2D eigenvalue weighted by atomic mass is 32.1. The molecule has 0 radical (unpaired) electrons. The molecule has 7 heteroatoms. The molecule has 3 N–H and O–H groups in total. The number of likely N-dealkylation sites (N-methyl/N-ethyl adjacent to an activating group) is 1. The van der Waals surface area contributed by atoms with E-state index in [9.17, 15) is 4.79 Å². The van der Waals surface area contributed by atoms with Crippen molar-refractivity contribution in [2.24, 2.45) is 0 Å². The fraction of sp³-hybridized carbons (Fsp3) is 0.273. The number of methoxy groups -OCH3 is 1. The van der Waals surface area contributed by atoms with Crippen molar-refractivity contribution in [1.29, 1.82) is 0 Å². The molecule has 3 rings (SSSR count). The van der Waals surface area contributed by atoms with E-state index < -0.39 is 0 Å². The van der Waals surface area contributed by atoms with E-state index in [0.717, 1.165) is 44.0 Å². The molecule has 1 amide bonds. The minimum Gasteiger partial charge on any atom is -0.497 e. The SMILES string of the molecule is COc1ccc(Nc2nc(C[NH+](C)CC(=O)Nc3c(C)cccc3C)cs2)cc1. The number of carbonyl (C=O) groups excluding carboxylic acids is 1. The van der Waals surface area contributed by atoms with Crippen LogP contribution in [0.5, 0.6) is 5.75 Å². The van der Waals surface area contributed by atoms with Crippen molar-refractivity contribution in [3.63, 3.8) is 0 Å². The van der Waals surface area contributed by atoms with E-state index in [1.54, 1.807) is 18.4 Å². The standard InChI is InChI=1S/C22H26N4O2S/c1-15-6-5-7-16(2)21(15)25-20(27)13-26(3)12-18-14-29-22(24-18)23-17-8-10-19(28-4)11-9-17/h5-11,14H,12-13H2,1-4H3,(H,23,24)(H,25,27)/p+1. The van der Waals surface area contributed by atoms with Gasteiger partial charge in [-0.05, 0) is 49.2 Å². The lowest BCUT2D eigenvalue weighted by Gasteiger charge is -2.15. The zero-order valence-electron chi connectivity index (χ0n) is 17.2. The van der Waals surface area contributed by atoms with Crippen LogP contribution in [-0.2, 0) is 11.3 Å². The Labute approximate surface area is 175 Å². The van der Waals surface area contributed by atoms with Crippen LogP contribution in [0.25, 0.3) is 0 Å². The second-order valence-corrected chi connectivity index (χ2v) is 7.98. The summed E-state index contributed by atoms with van der Waals surface area (Å²) in [4.78, 5) is 18.2. The Balaban J connectivity index is 1.53. The maximum atomic E-state index is 12.4. The molecule has 6 nitrogen and oxygen atoms in total. The van der Waals surface area contributed by atoms with Gasteiger partial charge in [0.15, 0.2) is 11.7 Å². The van der Waals surface area contributed by atoms with Gasteiger partial charge >= 0.3 is 0 Å². The van der Waals surface area contributed by atoms with Gasteiger partial charge in [0.1, 0.15) is 18.0 Å². The van der Waals surface area contributed by atoms with Crippen molar-refractivity contribution in [3.8, 4) is 5.75 Å². The highest BCUT2D eigenvalue weighted by molar-refractivity contribution is 7.13. The first-order valence-electron chi connectivity index (χ1n) is 9.47. The van der Waals surface area contributed by atoms with Crippen LogP contribution >= 0.6 is 11.3 Å². The minimum absolute atomic E-state index is 0.00621. The van der Waals surface area contributed by atoms with Gasteiger partial charge in [-0.25, -0.2) is 4.98 Å². The summed E-state index contributed by atoms with van der Waals surface area (Å²) in [6.45, 7) is 5.07. The van der Waals surface area contributed by atoms with Crippen LogP contribution in [0.15, 0.2) is 47.8 Å². The summed E-state index contributed by atoms with van der Waals surface area (Å²) in [6, 6.07) is 13.7. The highest BCUT2D eigenvalue weighted by Crippen LogP contribution is 2.22. The Bertz CT molecular complexity index is 949. The summed E-state index contributed by atoms with van der Waals surface area (Å²) in [5.74, 6) is 0.825. The van der Waals surface area contributed by atoms with Gasteiger partial charge in [0, 0.05) is 16.8 Å². The lowest BCUT2D eigenvalue weighted by molar-refractivity contribution is -0.885. The predicted molar refractivity (Wildman–Crippen MR) is 118 cm³/mol. The van der Waals surface area contributed by atoms with Crippen LogP contribution in [0.1, 0.15) is 16.8 Å². The largest absolute Gasteiger partial charge is 0.497 e. The van der Waals surface area contributed by atoms with Gasteiger partial charge in [-0.1, -0.05) is 18.2 Å². The van der Waals surface area contributed by atoms with Gasteiger partial charge in [0.05, 0.1) is 14.2 Å². The zero-order chi connectivity index (χ0) is 20.8. The molecule has 0 aliphatic carbocycles. The number of rotatable bonds is 8. The molecule has 1 atom stereocenters. The van der Waals surface area contributed by atoms with E-state index in [4.69, 9.17) is 4.74 Å². The molecular weight excluding hydrogens is 384 g/mol. The van der Waals surface area contributed by atoms with Gasteiger partial charge in [0.25, 0.3) is 5.91 Å². The summed E-state index contributed by atoms with van der Waals surface area (Å²) in [5, 5.41) is 9.20. The van der Waals surface area contributed by atoms with Crippen molar-refractivity contribution < 1.29 is 14.4 Å². The predicted octanol–water partition coefficient (Wildman–Crippen LogP) is 3.17. The average Bonchev–Trinajstić information content (AvgIpc) is 3.12. The van der Waals surface area contributed by atoms with Gasteiger partial charge in [0.2, 0.25) is 0 Å². The fourth-order valence-corrected chi connectivity index (χ4v) is 3.81. The fourth-order valence-electron chi connectivity index (χ4n) is 3.08. The molecule has 0 fully saturated rings. The van der Waals surface area contributed by atoms with Crippen LogP contribution in [0, 0.1) is 13.8 Å². The van der Waals surface area contributed by atoms with E-state index in [1.807, 2.05) is 68.7 Å². The maximum absolute atomic E-state index is 12.4. The lowest BCUT2D eigenvalue weighted by Crippen LogP contribution is -3.08. The molecular formula is C22H27N4O2S+. The summed E-state index contributed by atoms with van der Waals surface area (Å²) in [5.41, 5.74) is 4.98. The molecule has 0 saturated carbocycles. The first-order valence-corrected chi connectivity index (χ1v) is 10.4. The van der Waals surface area contributed by atoms with Crippen LogP contribution in [0.3, 0.4) is 0 Å². The highest BCUT2D eigenvalue weighted by Gasteiger charge is 2.14. The van der Waals surface area contributed by atoms with Gasteiger partial charge in [-0.15, -0.1) is 11.3 Å². The number of hydrogen-bond acceptors (Lipinski definition) is 5. The number of anilines is 3. The molecule has 29 heavy (non-hydrogen) atoms. The quantitative estimate of drug-likeness (QED) is 0.533. The number of aromatic nitrogens is 1. The van der Waals surface area contributed by atoms with Gasteiger partial charge in [-0.3, -0.25) is 4.79 Å². The van der Waals surface area contributed by atoms with Crippen LogP contribution in [0.2, 0.25) is 0 Å². The van der Waals surface area contributed by atoms with Crippen molar-refractivity contribution >= 4 is 33.8 Å². The third-order valence-electron chi connectivity index (χ3n) is 4.58. The minimum atomic E-state index is 0.00621. The molecule has 0 saturated heterocycles. The third kappa shape index (κ3) is 5.79. The molecule has 0 bridgehead atoms.